The summed E-state index contributed by atoms with van der Waals surface area (Å²) in [7, 11) is 0. The van der Waals surface area contributed by atoms with E-state index in [9.17, 15) is 10.1 Å². The Hall–Kier alpha value is -2.17. The highest BCUT2D eigenvalue weighted by atomic mass is 16.6. The van der Waals surface area contributed by atoms with Crippen molar-refractivity contribution < 1.29 is 9.34 Å². The smallest absolute Gasteiger partial charge is 0.269 e. The van der Waals surface area contributed by atoms with Gasteiger partial charge in [-0.3, -0.25) is 10.1 Å². The Morgan fingerprint density at radius 3 is 2.31 bits per heavy atom. The second kappa shape index (κ2) is 3.77. The number of hydrogen-bond donors (Lipinski definition) is 0. The van der Waals surface area contributed by atoms with Gasteiger partial charge in [-0.15, -0.1) is 0 Å². The maximum absolute atomic E-state index is 10.5. The maximum atomic E-state index is 10.5. The normalized spacial score (nSPS) is 10.4. The zero-order chi connectivity index (χ0) is 11.7. The van der Waals surface area contributed by atoms with Crippen molar-refractivity contribution in [3.63, 3.8) is 0 Å². The van der Waals surface area contributed by atoms with Gasteiger partial charge in [0.05, 0.1) is 10.6 Å². The number of benzene rings is 1. The largest absolute Gasteiger partial charge is 0.441 e. The minimum absolute atomic E-state index is 0.0673. The first kappa shape index (κ1) is 10.4. The third-order valence-corrected chi connectivity index (χ3v) is 2.24. The van der Waals surface area contributed by atoms with Crippen molar-refractivity contribution >= 4 is 5.69 Å². The van der Waals surface area contributed by atoms with Gasteiger partial charge in [-0.1, -0.05) is 0 Å². The lowest BCUT2D eigenvalue weighted by atomic mass is 10.1. The second-order valence-corrected chi connectivity index (χ2v) is 3.45. The maximum Gasteiger partial charge on any atom is 0.269 e. The Balaban J connectivity index is 2.42. The minimum atomic E-state index is -0.428. The molecule has 2 aromatic rings. The monoisotopic (exact) mass is 218 g/mol. The fourth-order valence-corrected chi connectivity index (χ4v) is 1.53. The summed E-state index contributed by atoms with van der Waals surface area (Å²) in [5, 5.41) is 10.5. The van der Waals surface area contributed by atoms with Gasteiger partial charge >= 0.3 is 0 Å². The standard InChI is InChI=1S/C11H10N2O3/c1-7-11(16-8(2)12-7)9-3-5-10(6-4-9)13(14)15/h3-6H,1-2H3. The lowest BCUT2D eigenvalue weighted by Gasteiger charge is -1.97. The van der Waals surface area contributed by atoms with Crippen molar-refractivity contribution in [2.75, 3.05) is 0 Å². The molecule has 0 aliphatic heterocycles. The first-order chi connectivity index (χ1) is 7.58. The molecule has 0 aliphatic rings. The highest BCUT2D eigenvalue weighted by molar-refractivity contribution is 5.61. The van der Waals surface area contributed by atoms with E-state index in [0.29, 0.717) is 11.7 Å². The molecular weight excluding hydrogens is 208 g/mol. The van der Waals surface area contributed by atoms with Gasteiger partial charge in [0, 0.05) is 24.6 Å². The number of aryl methyl sites for hydroxylation is 2. The molecule has 1 aromatic heterocycles. The molecule has 82 valence electrons. The highest BCUT2D eigenvalue weighted by Gasteiger charge is 2.11. The topological polar surface area (TPSA) is 69.2 Å². The zero-order valence-electron chi connectivity index (χ0n) is 8.93. The van der Waals surface area contributed by atoms with Crippen molar-refractivity contribution in [3.8, 4) is 11.3 Å². The molecule has 0 radical (unpaired) electrons. The molecule has 16 heavy (non-hydrogen) atoms. The third-order valence-electron chi connectivity index (χ3n) is 2.24. The van der Waals surface area contributed by atoms with E-state index in [2.05, 4.69) is 4.98 Å². The number of hydrogen-bond acceptors (Lipinski definition) is 4. The van der Waals surface area contributed by atoms with Crippen LogP contribution < -0.4 is 0 Å². The van der Waals surface area contributed by atoms with Crippen LogP contribution in [0.2, 0.25) is 0 Å². The number of oxazole rings is 1. The van der Waals surface area contributed by atoms with E-state index in [1.165, 1.54) is 12.1 Å². The van der Waals surface area contributed by atoms with E-state index in [-0.39, 0.29) is 5.69 Å². The molecule has 5 nitrogen and oxygen atoms in total. The predicted octanol–water partition coefficient (Wildman–Crippen LogP) is 2.87. The van der Waals surface area contributed by atoms with Crippen LogP contribution >= 0.6 is 0 Å². The molecule has 5 heteroatoms. The fraction of sp³-hybridized carbons (Fsp3) is 0.182. The summed E-state index contributed by atoms with van der Waals surface area (Å²) in [6.07, 6.45) is 0. The van der Waals surface area contributed by atoms with Crippen LogP contribution in [-0.4, -0.2) is 9.91 Å². The number of nitro benzene ring substituents is 1. The Bertz CT molecular complexity index is 529. The van der Waals surface area contributed by atoms with Crippen LogP contribution in [0.4, 0.5) is 5.69 Å². The average molecular weight is 218 g/mol. The molecule has 1 aromatic carbocycles. The molecule has 0 atom stereocenters. The molecule has 0 unspecified atom stereocenters. The molecule has 0 amide bonds. The highest BCUT2D eigenvalue weighted by Crippen LogP contribution is 2.25. The van der Waals surface area contributed by atoms with Crippen LogP contribution in [0.25, 0.3) is 11.3 Å². The molecule has 0 fully saturated rings. The van der Waals surface area contributed by atoms with Crippen molar-refractivity contribution in [3.05, 3.63) is 46.0 Å². The first-order valence-electron chi connectivity index (χ1n) is 4.77. The van der Waals surface area contributed by atoms with Gasteiger partial charge in [0.15, 0.2) is 11.7 Å². The van der Waals surface area contributed by atoms with Crippen molar-refractivity contribution in [2.45, 2.75) is 13.8 Å². The zero-order valence-corrected chi connectivity index (χ0v) is 8.93. The molecule has 0 saturated carbocycles. The fourth-order valence-electron chi connectivity index (χ4n) is 1.53. The van der Waals surface area contributed by atoms with Gasteiger partial charge in [-0.25, -0.2) is 4.98 Å². The molecule has 0 N–H and O–H groups in total. The van der Waals surface area contributed by atoms with E-state index in [0.717, 1.165) is 11.3 Å². The van der Waals surface area contributed by atoms with Crippen LogP contribution in [0.5, 0.6) is 0 Å². The summed E-state index contributed by atoms with van der Waals surface area (Å²) >= 11 is 0. The van der Waals surface area contributed by atoms with Gasteiger partial charge in [-0.05, 0) is 19.1 Å². The number of nitrogens with zero attached hydrogens (tertiary/aromatic N) is 2. The van der Waals surface area contributed by atoms with Crippen LogP contribution in [0.15, 0.2) is 28.7 Å². The summed E-state index contributed by atoms with van der Waals surface area (Å²) in [4.78, 5) is 14.2. The Morgan fingerprint density at radius 2 is 1.88 bits per heavy atom. The van der Waals surface area contributed by atoms with Crippen molar-refractivity contribution in [1.29, 1.82) is 0 Å². The number of nitro groups is 1. The lowest BCUT2D eigenvalue weighted by Crippen LogP contribution is -1.87. The van der Waals surface area contributed by atoms with Gasteiger partial charge in [-0.2, -0.15) is 0 Å². The van der Waals surface area contributed by atoms with E-state index < -0.39 is 4.92 Å². The van der Waals surface area contributed by atoms with E-state index >= 15 is 0 Å². The van der Waals surface area contributed by atoms with Crippen LogP contribution in [0.1, 0.15) is 11.6 Å². The quantitative estimate of drug-likeness (QED) is 0.574. The predicted molar refractivity (Wildman–Crippen MR) is 58.1 cm³/mol. The molecule has 0 bridgehead atoms. The summed E-state index contributed by atoms with van der Waals surface area (Å²) in [6.45, 7) is 3.61. The van der Waals surface area contributed by atoms with Gasteiger partial charge in [0.2, 0.25) is 0 Å². The first-order valence-corrected chi connectivity index (χ1v) is 4.77. The van der Waals surface area contributed by atoms with E-state index in [1.54, 1.807) is 19.1 Å². The van der Waals surface area contributed by atoms with Crippen LogP contribution in [-0.2, 0) is 0 Å². The van der Waals surface area contributed by atoms with Gasteiger partial charge < -0.3 is 4.42 Å². The van der Waals surface area contributed by atoms with Gasteiger partial charge in [0.1, 0.15) is 0 Å². The lowest BCUT2D eigenvalue weighted by molar-refractivity contribution is -0.384. The van der Waals surface area contributed by atoms with Crippen molar-refractivity contribution in [1.82, 2.24) is 4.98 Å². The summed E-state index contributed by atoms with van der Waals surface area (Å²) in [6, 6.07) is 6.22. The number of non-ortho nitro benzene ring substituents is 1. The molecule has 0 saturated heterocycles. The van der Waals surface area contributed by atoms with E-state index in [1.807, 2.05) is 6.92 Å². The summed E-state index contributed by atoms with van der Waals surface area (Å²) < 4.78 is 5.42. The second-order valence-electron chi connectivity index (χ2n) is 3.45. The summed E-state index contributed by atoms with van der Waals surface area (Å²) in [5.74, 6) is 1.25. The van der Waals surface area contributed by atoms with Crippen molar-refractivity contribution in [2.24, 2.45) is 0 Å². The number of aromatic nitrogens is 1. The Morgan fingerprint density at radius 1 is 1.25 bits per heavy atom. The number of rotatable bonds is 2. The molecule has 0 spiro atoms. The summed E-state index contributed by atoms with van der Waals surface area (Å²) in [5.41, 5.74) is 1.65. The molecular formula is C11H10N2O3. The SMILES string of the molecule is Cc1nc(C)c(-c2ccc([N+](=O)[O-])cc2)o1. The average Bonchev–Trinajstić information content (AvgIpc) is 2.58. The van der Waals surface area contributed by atoms with Crippen LogP contribution in [0, 0.1) is 24.0 Å². The van der Waals surface area contributed by atoms with E-state index in [4.69, 9.17) is 4.42 Å². The molecule has 0 aliphatic carbocycles. The van der Waals surface area contributed by atoms with Gasteiger partial charge in [0.25, 0.3) is 5.69 Å². The molecule has 1 heterocycles. The Labute approximate surface area is 91.9 Å². The Kier molecular flexibility index (Phi) is 2.44. The van der Waals surface area contributed by atoms with Crippen LogP contribution in [0.3, 0.4) is 0 Å². The molecule has 2 rings (SSSR count). The minimum Gasteiger partial charge on any atom is -0.441 e. The third kappa shape index (κ3) is 1.79.